The second-order valence-corrected chi connectivity index (χ2v) is 11.9. The number of methoxy groups -OCH3 is 1. The summed E-state index contributed by atoms with van der Waals surface area (Å²) in [4.78, 5) is 28.5. The Morgan fingerprint density at radius 2 is 1.60 bits per heavy atom. The minimum Gasteiger partial charge on any atom is -0.497 e. The van der Waals surface area contributed by atoms with Crippen molar-refractivity contribution in [3.8, 4) is 5.75 Å². The lowest BCUT2D eigenvalue weighted by molar-refractivity contribution is -0.139. The number of sulfonamides is 1. The number of rotatable bonds is 12. The predicted octanol–water partition coefficient (Wildman–Crippen LogP) is 5.18. The first-order valence-electron chi connectivity index (χ1n) is 13.0. The van der Waals surface area contributed by atoms with Crippen LogP contribution in [0.1, 0.15) is 38.3 Å². The maximum atomic E-state index is 14.0. The van der Waals surface area contributed by atoms with Gasteiger partial charge in [0.15, 0.2) is 0 Å². The maximum absolute atomic E-state index is 14.0. The van der Waals surface area contributed by atoms with Crippen LogP contribution in [0.2, 0.25) is 5.02 Å². The van der Waals surface area contributed by atoms with Crippen molar-refractivity contribution in [2.24, 2.45) is 0 Å². The van der Waals surface area contributed by atoms with Gasteiger partial charge in [0.2, 0.25) is 11.8 Å². The third-order valence-electron chi connectivity index (χ3n) is 6.81. The minimum atomic E-state index is -4.18. The van der Waals surface area contributed by atoms with E-state index in [1.54, 1.807) is 43.3 Å². The van der Waals surface area contributed by atoms with Crippen LogP contribution in [0.5, 0.6) is 5.75 Å². The van der Waals surface area contributed by atoms with Crippen LogP contribution in [0.25, 0.3) is 0 Å². The van der Waals surface area contributed by atoms with Gasteiger partial charge < -0.3 is 15.0 Å². The van der Waals surface area contributed by atoms with E-state index < -0.39 is 28.5 Å². The van der Waals surface area contributed by atoms with E-state index in [-0.39, 0.29) is 29.1 Å². The number of nitrogens with zero attached hydrogens (tertiary/aromatic N) is 2. The van der Waals surface area contributed by atoms with Crippen LogP contribution >= 0.6 is 11.6 Å². The van der Waals surface area contributed by atoms with Gasteiger partial charge in [-0.3, -0.25) is 13.9 Å². The average molecular weight is 586 g/mol. The average Bonchev–Trinajstić information content (AvgIpc) is 2.95. The molecule has 2 amide bonds. The monoisotopic (exact) mass is 585 g/mol. The number of hydrogen-bond acceptors (Lipinski definition) is 5. The molecule has 0 aromatic heterocycles. The molecule has 0 bridgehead atoms. The molecule has 0 fully saturated rings. The van der Waals surface area contributed by atoms with Crippen molar-refractivity contribution in [2.45, 2.75) is 57.6 Å². The summed E-state index contributed by atoms with van der Waals surface area (Å²) in [5.74, 6) is -0.340. The number of amides is 2. The zero-order valence-corrected chi connectivity index (χ0v) is 25.0. The Balaban J connectivity index is 2.03. The van der Waals surface area contributed by atoms with E-state index >= 15 is 0 Å². The molecular formula is C30H36ClN3O5S. The fourth-order valence-corrected chi connectivity index (χ4v) is 5.57. The molecule has 2 atom stereocenters. The van der Waals surface area contributed by atoms with E-state index in [1.165, 1.54) is 24.1 Å². The molecule has 214 valence electrons. The number of halogens is 1. The van der Waals surface area contributed by atoms with Crippen LogP contribution in [0, 0.1) is 6.92 Å². The summed E-state index contributed by atoms with van der Waals surface area (Å²) >= 11 is 6.07. The van der Waals surface area contributed by atoms with E-state index in [0.29, 0.717) is 10.8 Å². The molecule has 0 spiro atoms. The zero-order chi connectivity index (χ0) is 29.4. The molecule has 3 rings (SSSR count). The van der Waals surface area contributed by atoms with Gasteiger partial charge in [-0.1, -0.05) is 42.8 Å². The van der Waals surface area contributed by atoms with Crippen molar-refractivity contribution in [2.75, 3.05) is 18.0 Å². The Bertz CT molecular complexity index is 1410. The summed E-state index contributed by atoms with van der Waals surface area (Å²) in [6.07, 6.45) is 0.731. The van der Waals surface area contributed by atoms with E-state index in [0.717, 1.165) is 21.9 Å². The van der Waals surface area contributed by atoms with Crippen LogP contribution in [0.15, 0.2) is 77.7 Å². The number of benzene rings is 3. The van der Waals surface area contributed by atoms with Crippen LogP contribution in [0.3, 0.4) is 0 Å². The Hall–Kier alpha value is -3.56. The van der Waals surface area contributed by atoms with Crippen LogP contribution in [-0.2, 0) is 26.2 Å². The van der Waals surface area contributed by atoms with Gasteiger partial charge in [0.05, 0.1) is 17.7 Å². The summed E-state index contributed by atoms with van der Waals surface area (Å²) in [7, 11) is -2.69. The molecular weight excluding hydrogens is 550 g/mol. The van der Waals surface area contributed by atoms with Crippen LogP contribution in [0.4, 0.5) is 5.69 Å². The molecule has 40 heavy (non-hydrogen) atoms. The van der Waals surface area contributed by atoms with Crippen molar-refractivity contribution in [3.05, 3.63) is 88.9 Å². The van der Waals surface area contributed by atoms with Gasteiger partial charge in [-0.2, -0.15) is 0 Å². The third-order valence-corrected chi connectivity index (χ3v) is 8.85. The van der Waals surface area contributed by atoms with E-state index in [1.807, 2.05) is 45.0 Å². The number of ether oxygens (including phenoxy) is 1. The highest BCUT2D eigenvalue weighted by Crippen LogP contribution is 2.27. The highest BCUT2D eigenvalue weighted by Gasteiger charge is 2.33. The van der Waals surface area contributed by atoms with Crippen molar-refractivity contribution >= 4 is 39.1 Å². The standard InChI is InChI=1S/C30H36ClN3O5S/c1-6-22(3)32-30(36)23(4)33(19-24-10-8-7-9-21(24)2)29(35)20-34(26-13-11-25(31)12-14-26)40(37,38)28-17-15-27(39-5)16-18-28/h7-18,22-23H,6,19-20H2,1-5H3,(H,32,36)/t22-,23+/m1/s1. The van der Waals surface area contributed by atoms with Gasteiger partial charge >= 0.3 is 0 Å². The van der Waals surface area contributed by atoms with E-state index in [9.17, 15) is 18.0 Å². The Morgan fingerprint density at radius 3 is 2.17 bits per heavy atom. The molecule has 8 nitrogen and oxygen atoms in total. The SMILES string of the molecule is CC[C@@H](C)NC(=O)[C@H](C)N(Cc1ccccc1C)C(=O)CN(c1ccc(Cl)cc1)S(=O)(=O)c1ccc(OC)cc1. The molecule has 10 heteroatoms. The number of nitrogens with one attached hydrogen (secondary N) is 1. The maximum Gasteiger partial charge on any atom is 0.264 e. The molecule has 0 saturated heterocycles. The molecule has 0 saturated carbocycles. The molecule has 3 aromatic rings. The largest absolute Gasteiger partial charge is 0.497 e. The van der Waals surface area contributed by atoms with Gasteiger partial charge in [0.25, 0.3) is 10.0 Å². The summed E-state index contributed by atoms with van der Waals surface area (Å²) in [6, 6.07) is 18.8. The topological polar surface area (TPSA) is 96.0 Å². The Labute approximate surface area is 241 Å². The fourth-order valence-electron chi connectivity index (χ4n) is 4.03. The number of hydrogen-bond donors (Lipinski definition) is 1. The lowest BCUT2D eigenvalue weighted by Gasteiger charge is -2.32. The molecule has 0 radical (unpaired) electrons. The highest BCUT2D eigenvalue weighted by atomic mass is 35.5. The first kappa shape index (κ1) is 31.0. The predicted molar refractivity (Wildman–Crippen MR) is 158 cm³/mol. The first-order valence-corrected chi connectivity index (χ1v) is 14.9. The van der Waals surface area contributed by atoms with E-state index in [2.05, 4.69) is 5.32 Å². The van der Waals surface area contributed by atoms with E-state index in [4.69, 9.17) is 16.3 Å². The number of carbonyl (C=O) groups excluding carboxylic acids is 2. The summed E-state index contributed by atoms with van der Waals surface area (Å²) in [5.41, 5.74) is 2.08. The van der Waals surface area contributed by atoms with Gasteiger partial charge in [0.1, 0.15) is 18.3 Å². The summed E-state index contributed by atoms with van der Waals surface area (Å²) in [6.45, 7) is 7.04. The van der Waals surface area contributed by atoms with Gasteiger partial charge in [-0.05, 0) is 86.8 Å². The number of carbonyl (C=O) groups is 2. The molecule has 0 heterocycles. The smallest absolute Gasteiger partial charge is 0.264 e. The first-order chi connectivity index (χ1) is 19.0. The highest BCUT2D eigenvalue weighted by molar-refractivity contribution is 7.92. The molecule has 0 aliphatic carbocycles. The summed E-state index contributed by atoms with van der Waals surface area (Å²) < 4.78 is 34.0. The quantitative estimate of drug-likeness (QED) is 0.316. The second kappa shape index (κ2) is 13.7. The molecule has 3 aromatic carbocycles. The molecule has 0 unspecified atom stereocenters. The lowest BCUT2D eigenvalue weighted by atomic mass is 10.1. The molecule has 0 aliphatic rings. The molecule has 0 aliphatic heterocycles. The number of anilines is 1. The van der Waals surface area contributed by atoms with Crippen LogP contribution < -0.4 is 14.4 Å². The second-order valence-electron chi connectivity index (χ2n) is 9.61. The van der Waals surface area contributed by atoms with Crippen molar-refractivity contribution < 1.29 is 22.7 Å². The molecule has 1 N–H and O–H groups in total. The lowest BCUT2D eigenvalue weighted by Crippen LogP contribution is -2.52. The zero-order valence-electron chi connectivity index (χ0n) is 23.4. The summed E-state index contributed by atoms with van der Waals surface area (Å²) in [5, 5.41) is 3.36. The van der Waals surface area contributed by atoms with Gasteiger partial charge in [-0.25, -0.2) is 8.42 Å². The van der Waals surface area contributed by atoms with Crippen molar-refractivity contribution in [3.63, 3.8) is 0 Å². The van der Waals surface area contributed by atoms with Crippen molar-refractivity contribution in [1.29, 1.82) is 0 Å². The van der Waals surface area contributed by atoms with Crippen LogP contribution in [-0.4, -0.2) is 50.9 Å². The minimum absolute atomic E-state index is 0.0101. The van der Waals surface area contributed by atoms with Gasteiger partial charge in [-0.15, -0.1) is 0 Å². The number of aryl methyl sites for hydroxylation is 1. The third kappa shape index (κ3) is 7.55. The fraction of sp³-hybridized carbons (Fsp3) is 0.333. The van der Waals surface area contributed by atoms with Crippen molar-refractivity contribution in [1.82, 2.24) is 10.2 Å². The normalized spacial score (nSPS) is 12.8. The Morgan fingerprint density at radius 1 is 0.975 bits per heavy atom. The Kier molecular flexibility index (Phi) is 10.6. The van der Waals surface area contributed by atoms with Gasteiger partial charge in [0, 0.05) is 17.6 Å².